The van der Waals surface area contributed by atoms with E-state index in [1.807, 2.05) is 0 Å². The highest BCUT2D eigenvalue weighted by Crippen LogP contribution is 2.33. The number of methoxy groups -OCH3 is 3. The number of benzene rings is 2. The number of fused-ring (bicyclic) bond motifs is 3. The van der Waals surface area contributed by atoms with Crippen LogP contribution in [0.1, 0.15) is 36.8 Å². The molecule has 32 heavy (non-hydrogen) atoms. The maximum absolute atomic E-state index is 13.7. The van der Waals surface area contributed by atoms with Gasteiger partial charge >= 0.3 is 11.9 Å². The number of carbonyl (C=O) groups is 3. The number of rotatable bonds is 5. The van der Waals surface area contributed by atoms with Crippen molar-refractivity contribution in [1.29, 1.82) is 0 Å². The molecule has 0 aliphatic rings. The average Bonchev–Trinajstić information content (AvgIpc) is 3.17. The highest BCUT2D eigenvalue weighted by atomic mass is 79.9. The number of hydrogen-bond donors (Lipinski definition) is 0. The van der Waals surface area contributed by atoms with Crippen LogP contribution >= 0.6 is 15.9 Å². The van der Waals surface area contributed by atoms with Crippen LogP contribution in [0.4, 0.5) is 0 Å². The van der Waals surface area contributed by atoms with Gasteiger partial charge < -0.3 is 18.6 Å². The summed E-state index contributed by atoms with van der Waals surface area (Å²) in [5.41, 5.74) is 1.14. The monoisotopic (exact) mass is 495 g/mol. The fraction of sp³-hybridized carbons (Fsp3) is 0.125. The molecular formula is C24H18BrNO6. The van der Waals surface area contributed by atoms with Crippen LogP contribution in [0.5, 0.6) is 5.75 Å². The molecular weight excluding hydrogens is 478 g/mol. The molecule has 162 valence electrons. The number of ether oxygens (including phenoxy) is 3. The molecule has 2 heterocycles. The van der Waals surface area contributed by atoms with E-state index in [0.717, 1.165) is 5.39 Å². The van der Waals surface area contributed by atoms with Crippen molar-refractivity contribution in [3.63, 3.8) is 0 Å². The zero-order valence-corrected chi connectivity index (χ0v) is 19.1. The molecule has 0 bridgehead atoms. The molecule has 0 saturated heterocycles. The number of aromatic nitrogens is 1. The number of nitrogens with zero attached hydrogens (tertiary/aromatic N) is 1. The van der Waals surface area contributed by atoms with Crippen LogP contribution in [0.3, 0.4) is 0 Å². The molecule has 0 atom stereocenters. The first-order valence-corrected chi connectivity index (χ1v) is 10.3. The third-order valence-corrected chi connectivity index (χ3v) is 5.68. The molecule has 8 heteroatoms. The second-order valence-electron chi connectivity index (χ2n) is 6.90. The standard InChI is InChI=1S/C24H18BrNO6/c1-30-16-8-10-17-13(12-16)7-9-18-19(23(28)31-2)20(24(29)32-3)21(26(17)18)22(27)14-5-4-6-15(25)11-14/h4-12H,1-3H3. The van der Waals surface area contributed by atoms with Crippen LogP contribution in [0.2, 0.25) is 0 Å². The minimum absolute atomic E-state index is 0.0149. The molecule has 0 amide bonds. The lowest BCUT2D eigenvalue weighted by molar-refractivity contribution is 0.0556. The lowest BCUT2D eigenvalue weighted by Gasteiger charge is -2.10. The van der Waals surface area contributed by atoms with E-state index in [-0.39, 0.29) is 16.8 Å². The van der Waals surface area contributed by atoms with Gasteiger partial charge in [-0.2, -0.15) is 0 Å². The Labute approximate surface area is 191 Å². The average molecular weight is 496 g/mol. The van der Waals surface area contributed by atoms with E-state index in [9.17, 15) is 14.4 Å². The highest BCUT2D eigenvalue weighted by molar-refractivity contribution is 9.10. The molecule has 2 aromatic heterocycles. The number of hydrogen-bond acceptors (Lipinski definition) is 6. The third-order valence-electron chi connectivity index (χ3n) is 5.18. The van der Waals surface area contributed by atoms with Gasteiger partial charge in [0, 0.05) is 15.4 Å². The fourth-order valence-electron chi connectivity index (χ4n) is 3.76. The minimum Gasteiger partial charge on any atom is -0.497 e. The quantitative estimate of drug-likeness (QED) is 0.295. The molecule has 0 radical (unpaired) electrons. The van der Waals surface area contributed by atoms with Gasteiger partial charge in [-0.25, -0.2) is 9.59 Å². The number of esters is 2. The van der Waals surface area contributed by atoms with Gasteiger partial charge in [-0.15, -0.1) is 0 Å². The van der Waals surface area contributed by atoms with E-state index in [2.05, 4.69) is 15.9 Å². The van der Waals surface area contributed by atoms with E-state index in [1.165, 1.54) is 14.2 Å². The maximum atomic E-state index is 13.7. The highest BCUT2D eigenvalue weighted by Gasteiger charge is 2.33. The van der Waals surface area contributed by atoms with Gasteiger partial charge in [0.1, 0.15) is 22.6 Å². The summed E-state index contributed by atoms with van der Waals surface area (Å²) in [5, 5.41) is 0.753. The van der Waals surface area contributed by atoms with Crippen molar-refractivity contribution in [2.45, 2.75) is 0 Å². The second-order valence-corrected chi connectivity index (χ2v) is 7.82. The minimum atomic E-state index is -0.811. The summed E-state index contributed by atoms with van der Waals surface area (Å²) in [6.07, 6.45) is 0. The van der Waals surface area contributed by atoms with Crippen LogP contribution in [0.25, 0.3) is 16.4 Å². The van der Waals surface area contributed by atoms with Crippen molar-refractivity contribution in [2.75, 3.05) is 21.3 Å². The van der Waals surface area contributed by atoms with Crippen LogP contribution < -0.4 is 4.74 Å². The Morgan fingerprint density at radius 3 is 2.16 bits per heavy atom. The fourth-order valence-corrected chi connectivity index (χ4v) is 4.15. The van der Waals surface area contributed by atoms with Crippen LogP contribution in [-0.4, -0.2) is 43.5 Å². The Kier molecular flexibility index (Phi) is 5.71. The summed E-state index contributed by atoms with van der Waals surface area (Å²) in [6, 6.07) is 15.6. The molecule has 0 saturated carbocycles. The van der Waals surface area contributed by atoms with E-state index in [0.29, 0.717) is 26.8 Å². The van der Waals surface area contributed by atoms with Crippen molar-refractivity contribution < 1.29 is 28.6 Å². The van der Waals surface area contributed by atoms with E-state index < -0.39 is 17.7 Å². The molecule has 7 nitrogen and oxygen atoms in total. The normalized spacial score (nSPS) is 10.9. The van der Waals surface area contributed by atoms with Crippen molar-refractivity contribution >= 4 is 50.1 Å². The van der Waals surface area contributed by atoms with Gasteiger partial charge in [0.05, 0.1) is 32.4 Å². The number of pyridine rings is 1. The van der Waals surface area contributed by atoms with Gasteiger partial charge in [0.2, 0.25) is 5.78 Å². The number of halogens is 1. The van der Waals surface area contributed by atoms with Crippen molar-refractivity contribution in [3.05, 3.63) is 81.5 Å². The van der Waals surface area contributed by atoms with Crippen LogP contribution in [0, 0.1) is 0 Å². The van der Waals surface area contributed by atoms with Crippen LogP contribution in [-0.2, 0) is 9.47 Å². The predicted octanol–water partition coefficient (Wildman–Crippen LogP) is 4.67. The smallest absolute Gasteiger partial charge is 0.341 e. The first-order chi connectivity index (χ1) is 15.4. The lowest BCUT2D eigenvalue weighted by Crippen LogP contribution is -2.15. The van der Waals surface area contributed by atoms with Crippen molar-refractivity contribution in [3.8, 4) is 5.75 Å². The van der Waals surface area contributed by atoms with E-state index in [1.54, 1.807) is 66.1 Å². The summed E-state index contributed by atoms with van der Waals surface area (Å²) < 4.78 is 17.5. The van der Waals surface area contributed by atoms with Gasteiger partial charge in [-0.1, -0.05) is 34.1 Å². The maximum Gasteiger partial charge on any atom is 0.341 e. The number of ketones is 1. The first kappa shape index (κ1) is 21.6. The predicted molar refractivity (Wildman–Crippen MR) is 122 cm³/mol. The molecule has 0 unspecified atom stereocenters. The van der Waals surface area contributed by atoms with E-state index in [4.69, 9.17) is 14.2 Å². The Morgan fingerprint density at radius 1 is 0.812 bits per heavy atom. The molecule has 0 spiro atoms. The Hall–Kier alpha value is -3.65. The molecule has 0 aliphatic heterocycles. The van der Waals surface area contributed by atoms with Gasteiger partial charge in [0.25, 0.3) is 0 Å². The van der Waals surface area contributed by atoms with Gasteiger partial charge in [-0.3, -0.25) is 4.79 Å². The van der Waals surface area contributed by atoms with Crippen molar-refractivity contribution in [1.82, 2.24) is 4.40 Å². The summed E-state index contributed by atoms with van der Waals surface area (Å²) in [6.45, 7) is 0. The molecule has 0 fully saturated rings. The largest absolute Gasteiger partial charge is 0.497 e. The molecule has 0 N–H and O–H groups in total. The molecule has 4 rings (SSSR count). The molecule has 4 aromatic rings. The number of carbonyl (C=O) groups excluding carboxylic acids is 3. The van der Waals surface area contributed by atoms with E-state index >= 15 is 0 Å². The van der Waals surface area contributed by atoms with Gasteiger partial charge in [0.15, 0.2) is 0 Å². The summed E-state index contributed by atoms with van der Waals surface area (Å²) in [4.78, 5) is 39.3. The molecule has 0 aliphatic carbocycles. The first-order valence-electron chi connectivity index (χ1n) is 9.53. The Bertz CT molecular complexity index is 1400. The zero-order chi connectivity index (χ0) is 23.0. The lowest BCUT2D eigenvalue weighted by atomic mass is 10.0. The van der Waals surface area contributed by atoms with Crippen molar-refractivity contribution in [2.24, 2.45) is 0 Å². The Morgan fingerprint density at radius 2 is 1.50 bits per heavy atom. The Balaban J connectivity index is 2.19. The SMILES string of the molecule is COC(=O)c1c(C(=O)OC)c2ccc3cc(OC)ccc3n2c1C(=O)c1cccc(Br)c1. The zero-order valence-electron chi connectivity index (χ0n) is 17.5. The molecule has 2 aromatic carbocycles. The summed E-state index contributed by atoms with van der Waals surface area (Å²) >= 11 is 3.37. The van der Waals surface area contributed by atoms with Crippen LogP contribution in [0.15, 0.2) is 59.1 Å². The topological polar surface area (TPSA) is 83.3 Å². The summed E-state index contributed by atoms with van der Waals surface area (Å²) in [5.74, 6) is -1.37. The van der Waals surface area contributed by atoms with Gasteiger partial charge in [-0.05, 0) is 36.4 Å². The summed E-state index contributed by atoms with van der Waals surface area (Å²) in [7, 11) is 3.97. The second kappa shape index (κ2) is 8.47. The third kappa shape index (κ3) is 3.42.